The molecule has 2 atom stereocenters. The summed E-state index contributed by atoms with van der Waals surface area (Å²) in [5.74, 6) is 0.323. The van der Waals surface area contributed by atoms with Gasteiger partial charge in [0.05, 0.1) is 15.9 Å². The molecule has 0 aliphatic carbocycles. The van der Waals surface area contributed by atoms with Gasteiger partial charge in [-0.1, -0.05) is 44.2 Å². The van der Waals surface area contributed by atoms with Gasteiger partial charge in [-0.05, 0) is 40.8 Å². The van der Waals surface area contributed by atoms with E-state index in [1.165, 1.54) is 11.3 Å². The molecule has 1 aromatic heterocycles. The second kappa shape index (κ2) is 7.23. The van der Waals surface area contributed by atoms with Crippen molar-refractivity contribution in [2.75, 3.05) is 0 Å². The normalized spacial score (nSPS) is 14.1. The van der Waals surface area contributed by atoms with Crippen molar-refractivity contribution < 1.29 is 0 Å². The molecule has 0 saturated heterocycles. The van der Waals surface area contributed by atoms with Gasteiger partial charge in [-0.25, -0.2) is 0 Å². The van der Waals surface area contributed by atoms with Gasteiger partial charge in [-0.15, -0.1) is 0 Å². The predicted molar refractivity (Wildman–Crippen MR) is 91.5 cm³/mol. The van der Waals surface area contributed by atoms with Crippen LogP contribution in [0.4, 0.5) is 0 Å². The second-order valence-electron chi connectivity index (χ2n) is 5.44. The van der Waals surface area contributed by atoms with E-state index in [-0.39, 0.29) is 6.04 Å². The zero-order valence-corrected chi connectivity index (χ0v) is 14.6. The highest BCUT2D eigenvalue weighted by Gasteiger charge is 2.21. The third kappa shape index (κ3) is 3.55. The van der Waals surface area contributed by atoms with Crippen LogP contribution in [0.5, 0.6) is 0 Å². The quantitative estimate of drug-likeness (QED) is 0.859. The Labute approximate surface area is 135 Å². The van der Waals surface area contributed by atoms with E-state index in [1.807, 2.05) is 6.07 Å². The summed E-state index contributed by atoms with van der Waals surface area (Å²) < 4.78 is 3.20. The number of nitrogens with two attached hydrogens (primary N) is 1. The number of benzene rings is 1. The summed E-state index contributed by atoms with van der Waals surface area (Å²) in [6.07, 6.45) is 1.77. The summed E-state index contributed by atoms with van der Waals surface area (Å²) >= 11 is 3.70. The molecule has 0 aliphatic heterocycles. The van der Waals surface area contributed by atoms with Crippen molar-refractivity contribution in [2.24, 2.45) is 5.73 Å². The van der Waals surface area contributed by atoms with Gasteiger partial charge >= 0.3 is 0 Å². The summed E-state index contributed by atoms with van der Waals surface area (Å²) in [5.41, 5.74) is 10.1. The maximum absolute atomic E-state index is 6.46. The second-order valence-corrected chi connectivity index (χ2v) is 6.24. The van der Waals surface area contributed by atoms with Gasteiger partial charge in [0, 0.05) is 19.0 Å². The monoisotopic (exact) mass is 349 g/mol. The van der Waals surface area contributed by atoms with Gasteiger partial charge in [-0.2, -0.15) is 5.10 Å². The van der Waals surface area contributed by atoms with E-state index in [0.29, 0.717) is 5.92 Å². The Morgan fingerprint density at radius 3 is 2.48 bits per heavy atom. The van der Waals surface area contributed by atoms with Gasteiger partial charge in [0.25, 0.3) is 0 Å². The van der Waals surface area contributed by atoms with Crippen LogP contribution in [0.3, 0.4) is 0 Å². The molecule has 0 bridgehead atoms. The Kier molecular flexibility index (Phi) is 5.59. The fourth-order valence-corrected chi connectivity index (χ4v) is 3.34. The Morgan fingerprint density at radius 1 is 1.24 bits per heavy atom. The van der Waals surface area contributed by atoms with Crippen LogP contribution in [0.2, 0.25) is 0 Å². The van der Waals surface area contributed by atoms with E-state index in [1.54, 1.807) is 0 Å². The van der Waals surface area contributed by atoms with E-state index >= 15 is 0 Å². The summed E-state index contributed by atoms with van der Waals surface area (Å²) in [7, 11) is 0. The molecule has 21 heavy (non-hydrogen) atoms. The number of halogens is 1. The lowest BCUT2D eigenvalue weighted by atomic mass is 9.91. The van der Waals surface area contributed by atoms with Crippen LogP contribution in [0.15, 0.2) is 34.8 Å². The van der Waals surface area contributed by atoms with E-state index in [4.69, 9.17) is 5.73 Å². The maximum atomic E-state index is 6.46. The Hall–Kier alpha value is -1.13. The minimum atomic E-state index is 0.0791. The van der Waals surface area contributed by atoms with Crippen molar-refractivity contribution in [1.82, 2.24) is 9.78 Å². The minimum absolute atomic E-state index is 0.0791. The molecule has 2 rings (SSSR count). The van der Waals surface area contributed by atoms with E-state index in [9.17, 15) is 0 Å². The lowest BCUT2D eigenvalue weighted by Gasteiger charge is -2.21. The van der Waals surface area contributed by atoms with Crippen molar-refractivity contribution in [3.8, 4) is 0 Å². The van der Waals surface area contributed by atoms with Gasteiger partial charge < -0.3 is 5.73 Å². The van der Waals surface area contributed by atoms with Gasteiger partial charge in [0.2, 0.25) is 0 Å². The predicted octanol–water partition coefficient (Wildman–Crippen LogP) is 3.90. The van der Waals surface area contributed by atoms with Crippen LogP contribution in [0.25, 0.3) is 0 Å². The molecule has 0 amide bonds. The summed E-state index contributed by atoms with van der Waals surface area (Å²) in [4.78, 5) is 0. The van der Waals surface area contributed by atoms with E-state index in [0.717, 1.165) is 29.6 Å². The number of hydrogen-bond donors (Lipinski definition) is 1. The third-order valence-corrected chi connectivity index (χ3v) is 5.01. The Balaban J connectivity index is 2.19. The van der Waals surface area contributed by atoms with Crippen molar-refractivity contribution in [2.45, 2.75) is 52.1 Å². The van der Waals surface area contributed by atoms with Crippen molar-refractivity contribution >= 4 is 15.9 Å². The summed E-state index contributed by atoms with van der Waals surface area (Å²) in [5, 5.41) is 4.65. The van der Waals surface area contributed by atoms with Crippen LogP contribution < -0.4 is 5.73 Å². The van der Waals surface area contributed by atoms with Crippen LogP contribution in [0, 0.1) is 0 Å². The van der Waals surface area contributed by atoms with Crippen molar-refractivity contribution in [3.05, 3.63) is 51.8 Å². The molecule has 1 aromatic carbocycles. The van der Waals surface area contributed by atoms with Crippen LogP contribution in [-0.4, -0.2) is 15.8 Å². The molecule has 2 unspecified atom stereocenters. The smallest absolute Gasteiger partial charge is 0.0766 e. The topological polar surface area (TPSA) is 43.8 Å². The lowest BCUT2D eigenvalue weighted by molar-refractivity contribution is 0.525. The summed E-state index contributed by atoms with van der Waals surface area (Å²) in [6.45, 7) is 7.32. The highest BCUT2D eigenvalue weighted by molar-refractivity contribution is 9.10. The Morgan fingerprint density at radius 2 is 1.90 bits per heavy atom. The van der Waals surface area contributed by atoms with Crippen molar-refractivity contribution in [1.29, 1.82) is 0 Å². The average Bonchev–Trinajstić information content (AvgIpc) is 2.83. The number of nitrogens with zero attached hydrogens (tertiary/aromatic N) is 2. The fourth-order valence-electron chi connectivity index (χ4n) is 2.62. The molecule has 0 aliphatic rings. The zero-order chi connectivity index (χ0) is 15.4. The standard InChI is InChI=1S/C17H24BrN3/c1-4-15-17(18)16(21(5-2)20-15)11-14(19)12(3)13-9-7-6-8-10-13/h6-10,12,14H,4-5,11,19H2,1-3H3. The van der Waals surface area contributed by atoms with Crippen LogP contribution in [0.1, 0.15) is 43.6 Å². The SMILES string of the molecule is CCc1nn(CC)c(CC(N)C(C)c2ccccc2)c1Br. The molecule has 114 valence electrons. The van der Waals surface area contributed by atoms with Gasteiger partial charge in [0.1, 0.15) is 0 Å². The number of rotatable bonds is 6. The molecular weight excluding hydrogens is 326 g/mol. The lowest BCUT2D eigenvalue weighted by Crippen LogP contribution is -2.30. The first kappa shape index (κ1) is 16.2. The molecule has 0 fully saturated rings. The Bertz CT molecular complexity index is 577. The molecular formula is C17H24BrN3. The third-order valence-electron chi connectivity index (χ3n) is 4.09. The number of aryl methyl sites for hydroxylation is 2. The number of hydrogen-bond acceptors (Lipinski definition) is 2. The first-order chi connectivity index (χ1) is 10.1. The average molecular weight is 350 g/mol. The number of aromatic nitrogens is 2. The molecule has 2 aromatic rings. The van der Waals surface area contributed by atoms with Gasteiger partial charge in [-0.3, -0.25) is 4.68 Å². The molecule has 3 nitrogen and oxygen atoms in total. The molecule has 0 saturated carbocycles. The molecule has 2 N–H and O–H groups in total. The molecule has 0 spiro atoms. The largest absolute Gasteiger partial charge is 0.327 e. The highest BCUT2D eigenvalue weighted by Crippen LogP contribution is 2.26. The van der Waals surface area contributed by atoms with E-state index in [2.05, 4.69) is 70.7 Å². The highest BCUT2D eigenvalue weighted by atomic mass is 79.9. The van der Waals surface area contributed by atoms with E-state index < -0.39 is 0 Å². The fraction of sp³-hybridized carbons (Fsp3) is 0.471. The minimum Gasteiger partial charge on any atom is -0.327 e. The van der Waals surface area contributed by atoms with Gasteiger partial charge in [0.15, 0.2) is 0 Å². The maximum Gasteiger partial charge on any atom is 0.0766 e. The first-order valence-electron chi connectivity index (χ1n) is 7.63. The molecule has 1 heterocycles. The van der Waals surface area contributed by atoms with Crippen molar-refractivity contribution in [3.63, 3.8) is 0 Å². The van der Waals surface area contributed by atoms with Crippen LogP contribution in [-0.2, 0) is 19.4 Å². The zero-order valence-electron chi connectivity index (χ0n) is 13.0. The summed E-state index contributed by atoms with van der Waals surface area (Å²) in [6, 6.07) is 10.6. The molecule has 4 heteroatoms. The first-order valence-corrected chi connectivity index (χ1v) is 8.42. The van der Waals surface area contributed by atoms with Crippen LogP contribution >= 0.6 is 15.9 Å². The molecule has 0 radical (unpaired) electrons.